The topological polar surface area (TPSA) is 40.7 Å². The Morgan fingerprint density at radius 1 is 1.37 bits per heavy atom. The SMILES string of the molecule is CNC(Cc1ncc[nH]1)C1CCc2ccccc2C1. The van der Waals surface area contributed by atoms with Crippen LogP contribution in [0.4, 0.5) is 0 Å². The predicted octanol–water partition coefficient (Wildman–Crippen LogP) is 2.35. The number of imidazole rings is 1. The number of aryl methyl sites for hydroxylation is 1. The van der Waals surface area contributed by atoms with Gasteiger partial charge in [0.1, 0.15) is 5.82 Å². The summed E-state index contributed by atoms with van der Waals surface area (Å²) < 4.78 is 0. The number of benzene rings is 1. The van der Waals surface area contributed by atoms with E-state index >= 15 is 0 Å². The number of aromatic nitrogens is 2. The molecule has 3 rings (SSSR count). The van der Waals surface area contributed by atoms with Crippen molar-refractivity contribution in [2.45, 2.75) is 31.7 Å². The lowest BCUT2D eigenvalue weighted by molar-refractivity contribution is 0.330. The second-order valence-electron chi connectivity index (χ2n) is 5.41. The fraction of sp³-hybridized carbons (Fsp3) is 0.438. The van der Waals surface area contributed by atoms with Gasteiger partial charge in [0.05, 0.1) is 0 Å². The molecule has 1 aromatic heterocycles. The van der Waals surface area contributed by atoms with Gasteiger partial charge >= 0.3 is 0 Å². The first-order chi connectivity index (χ1) is 9.36. The minimum absolute atomic E-state index is 0.500. The van der Waals surface area contributed by atoms with Gasteiger partial charge < -0.3 is 10.3 Å². The third-order valence-electron chi connectivity index (χ3n) is 4.29. The molecule has 0 saturated heterocycles. The van der Waals surface area contributed by atoms with Crippen molar-refractivity contribution in [2.24, 2.45) is 5.92 Å². The second kappa shape index (κ2) is 5.57. The molecule has 1 aliphatic rings. The lowest BCUT2D eigenvalue weighted by atomic mass is 9.79. The molecular weight excluding hydrogens is 234 g/mol. The van der Waals surface area contributed by atoms with E-state index < -0.39 is 0 Å². The third-order valence-corrected chi connectivity index (χ3v) is 4.29. The van der Waals surface area contributed by atoms with E-state index in [1.54, 1.807) is 0 Å². The van der Waals surface area contributed by atoms with Gasteiger partial charge in [0.25, 0.3) is 0 Å². The Hall–Kier alpha value is -1.61. The Morgan fingerprint density at radius 2 is 2.21 bits per heavy atom. The highest BCUT2D eigenvalue weighted by atomic mass is 14.9. The first-order valence-electron chi connectivity index (χ1n) is 7.09. The standard InChI is InChI=1S/C16H21N3/c1-17-15(11-16-18-8-9-19-16)14-7-6-12-4-2-3-5-13(12)10-14/h2-5,8-9,14-15,17H,6-7,10-11H2,1H3,(H,18,19). The van der Waals surface area contributed by atoms with E-state index in [9.17, 15) is 0 Å². The van der Waals surface area contributed by atoms with Gasteiger partial charge in [-0.25, -0.2) is 4.98 Å². The molecule has 1 aliphatic carbocycles. The van der Waals surface area contributed by atoms with Gasteiger partial charge in [0, 0.05) is 24.9 Å². The molecule has 0 amide bonds. The van der Waals surface area contributed by atoms with Crippen LogP contribution in [0.1, 0.15) is 23.4 Å². The maximum absolute atomic E-state index is 4.35. The van der Waals surface area contributed by atoms with E-state index in [4.69, 9.17) is 0 Å². The molecule has 2 atom stereocenters. The lowest BCUT2D eigenvalue weighted by Crippen LogP contribution is -2.38. The summed E-state index contributed by atoms with van der Waals surface area (Å²) in [5, 5.41) is 3.48. The van der Waals surface area contributed by atoms with Gasteiger partial charge in [-0.15, -0.1) is 0 Å². The maximum Gasteiger partial charge on any atom is 0.107 e. The molecule has 1 heterocycles. The van der Waals surface area contributed by atoms with Crippen LogP contribution in [0.5, 0.6) is 0 Å². The Morgan fingerprint density at radius 3 is 2.95 bits per heavy atom. The fourth-order valence-corrected chi connectivity index (χ4v) is 3.19. The van der Waals surface area contributed by atoms with Crippen molar-refractivity contribution < 1.29 is 0 Å². The van der Waals surface area contributed by atoms with Crippen molar-refractivity contribution in [3.05, 3.63) is 53.6 Å². The fourth-order valence-electron chi connectivity index (χ4n) is 3.19. The number of nitrogens with one attached hydrogen (secondary N) is 2. The van der Waals surface area contributed by atoms with Gasteiger partial charge in [0.15, 0.2) is 0 Å². The summed E-state index contributed by atoms with van der Waals surface area (Å²) in [4.78, 5) is 7.56. The van der Waals surface area contributed by atoms with Crippen molar-refractivity contribution in [3.8, 4) is 0 Å². The molecule has 0 saturated carbocycles. The van der Waals surface area contributed by atoms with Crippen molar-refractivity contribution >= 4 is 0 Å². The van der Waals surface area contributed by atoms with Crippen LogP contribution in [0, 0.1) is 5.92 Å². The van der Waals surface area contributed by atoms with Crippen LogP contribution >= 0.6 is 0 Å². The van der Waals surface area contributed by atoms with Gasteiger partial charge in [-0.3, -0.25) is 0 Å². The molecule has 0 fully saturated rings. The second-order valence-corrected chi connectivity index (χ2v) is 5.41. The van der Waals surface area contributed by atoms with Crippen LogP contribution in [0.3, 0.4) is 0 Å². The van der Waals surface area contributed by atoms with Crippen LogP contribution in [0.15, 0.2) is 36.7 Å². The lowest BCUT2D eigenvalue weighted by Gasteiger charge is -2.31. The van der Waals surface area contributed by atoms with Crippen LogP contribution in [0.25, 0.3) is 0 Å². The molecule has 2 unspecified atom stereocenters. The molecule has 1 aromatic carbocycles. The number of hydrogen-bond acceptors (Lipinski definition) is 2. The number of H-pyrrole nitrogens is 1. The zero-order valence-corrected chi connectivity index (χ0v) is 11.4. The molecule has 2 aromatic rings. The molecule has 100 valence electrons. The quantitative estimate of drug-likeness (QED) is 0.880. The van der Waals surface area contributed by atoms with E-state index in [0.717, 1.165) is 12.2 Å². The molecular formula is C16H21N3. The van der Waals surface area contributed by atoms with Gasteiger partial charge in [0.2, 0.25) is 0 Å². The zero-order valence-electron chi connectivity index (χ0n) is 11.4. The van der Waals surface area contributed by atoms with Crippen molar-refractivity contribution in [1.29, 1.82) is 0 Å². The molecule has 0 bridgehead atoms. The summed E-state index contributed by atoms with van der Waals surface area (Å²) in [6.07, 6.45) is 8.37. The minimum Gasteiger partial charge on any atom is -0.349 e. The van der Waals surface area contributed by atoms with Crippen LogP contribution in [-0.2, 0) is 19.3 Å². The normalized spacial score (nSPS) is 19.9. The maximum atomic E-state index is 4.35. The number of rotatable bonds is 4. The van der Waals surface area contributed by atoms with E-state index in [0.29, 0.717) is 12.0 Å². The first kappa shape index (κ1) is 12.4. The molecule has 0 spiro atoms. The first-order valence-corrected chi connectivity index (χ1v) is 7.09. The number of hydrogen-bond donors (Lipinski definition) is 2. The average molecular weight is 255 g/mol. The Balaban J connectivity index is 1.72. The summed E-state index contributed by atoms with van der Waals surface area (Å²) in [6.45, 7) is 0. The monoisotopic (exact) mass is 255 g/mol. The summed E-state index contributed by atoms with van der Waals surface area (Å²) >= 11 is 0. The molecule has 0 radical (unpaired) electrons. The van der Waals surface area contributed by atoms with E-state index in [1.165, 1.54) is 30.4 Å². The highest BCUT2D eigenvalue weighted by Gasteiger charge is 2.25. The number of aromatic amines is 1. The van der Waals surface area contributed by atoms with E-state index in [-0.39, 0.29) is 0 Å². The highest BCUT2D eigenvalue weighted by Crippen LogP contribution is 2.28. The Kier molecular flexibility index (Phi) is 3.65. The Labute approximate surface area is 114 Å². The summed E-state index contributed by atoms with van der Waals surface area (Å²) in [5.74, 6) is 1.78. The molecule has 19 heavy (non-hydrogen) atoms. The third kappa shape index (κ3) is 2.71. The van der Waals surface area contributed by atoms with Gasteiger partial charge in [-0.05, 0) is 43.4 Å². The summed E-state index contributed by atoms with van der Waals surface area (Å²) in [5.41, 5.74) is 3.06. The largest absolute Gasteiger partial charge is 0.349 e. The van der Waals surface area contributed by atoms with E-state index in [2.05, 4.69) is 46.6 Å². The number of fused-ring (bicyclic) bond motifs is 1. The van der Waals surface area contributed by atoms with Crippen LogP contribution in [0.2, 0.25) is 0 Å². The molecule has 3 heteroatoms. The van der Waals surface area contributed by atoms with Gasteiger partial charge in [-0.1, -0.05) is 24.3 Å². The van der Waals surface area contributed by atoms with Crippen LogP contribution < -0.4 is 5.32 Å². The van der Waals surface area contributed by atoms with Gasteiger partial charge in [-0.2, -0.15) is 0 Å². The highest BCUT2D eigenvalue weighted by molar-refractivity contribution is 5.30. The van der Waals surface area contributed by atoms with Crippen molar-refractivity contribution in [2.75, 3.05) is 7.05 Å². The minimum atomic E-state index is 0.500. The van der Waals surface area contributed by atoms with Crippen molar-refractivity contribution in [3.63, 3.8) is 0 Å². The molecule has 3 nitrogen and oxygen atoms in total. The van der Waals surface area contributed by atoms with Crippen molar-refractivity contribution in [1.82, 2.24) is 15.3 Å². The molecule has 2 N–H and O–H groups in total. The predicted molar refractivity (Wildman–Crippen MR) is 77.1 cm³/mol. The summed E-state index contributed by atoms with van der Waals surface area (Å²) in [6, 6.07) is 9.35. The molecule has 0 aliphatic heterocycles. The number of likely N-dealkylation sites (N-methyl/N-ethyl adjacent to an activating group) is 1. The average Bonchev–Trinajstić information content (AvgIpc) is 2.97. The van der Waals surface area contributed by atoms with E-state index in [1.807, 2.05) is 12.4 Å². The number of nitrogens with zero attached hydrogens (tertiary/aromatic N) is 1. The zero-order chi connectivity index (χ0) is 13.1. The summed E-state index contributed by atoms with van der Waals surface area (Å²) in [7, 11) is 2.06. The van der Waals surface area contributed by atoms with Crippen LogP contribution in [-0.4, -0.2) is 23.1 Å². The Bertz CT molecular complexity index is 519. The smallest absolute Gasteiger partial charge is 0.107 e.